The molecule has 1 aromatic carbocycles. The van der Waals surface area contributed by atoms with E-state index in [1.807, 2.05) is 25.1 Å². The summed E-state index contributed by atoms with van der Waals surface area (Å²) in [6.07, 6.45) is -0.558. The molecule has 5 nitrogen and oxygen atoms in total. The minimum Gasteiger partial charge on any atom is -0.495 e. The lowest BCUT2D eigenvalue weighted by atomic mass is 10.2. The molecular weight excluding hydrogens is 196 g/mol. The largest absolute Gasteiger partial charge is 0.495 e. The molecule has 0 heterocycles. The number of carbonyl (C=O) groups is 1. The van der Waals surface area contributed by atoms with Crippen LogP contribution in [0.2, 0.25) is 0 Å². The highest BCUT2D eigenvalue weighted by atomic mass is 16.5. The maximum Gasteiger partial charge on any atom is 0.425 e. The molecule has 82 valence electrons. The topological polar surface area (TPSA) is 59.6 Å². The molecule has 0 fully saturated rings. The van der Waals surface area contributed by atoms with Crippen molar-refractivity contribution >= 4 is 11.8 Å². The van der Waals surface area contributed by atoms with E-state index in [4.69, 9.17) is 4.74 Å². The van der Waals surface area contributed by atoms with Gasteiger partial charge in [0.15, 0.2) is 0 Å². The Kier molecular flexibility index (Phi) is 3.79. The summed E-state index contributed by atoms with van der Waals surface area (Å²) in [7, 11) is 2.86. The third-order valence-corrected chi connectivity index (χ3v) is 1.84. The molecule has 0 aliphatic heterocycles. The van der Waals surface area contributed by atoms with Gasteiger partial charge in [-0.3, -0.25) is 5.43 Å². The van der Waals surface area contributed by atoms with Gasteiger partial charge in [-0.25, -0.2) is 10.2 Å². The Labute approximate surface area is 88.3 Å². The summed E-state index contributed by atoms with van der Waals surface area (Å²) in [5.74, 6) is 0.659. The first-order valence-corrected chi connectivity index (χ1v) is 4.42. The van der Waals surface area contributed by atoms with Gasteiger partial charge in [0.1, 0.15) is 5.75 Å². The minimum absolute atomic E-state index is 0.558. The lowest BCUT2D eigenvalue weighted by molar-refractivity contribution is 0.173. The number of amides is 1. The number of anilines is 1. The Balaban J connectivity index is 2.72. The lowest BCUT2D eigenvalue weighted by Gasteiger charge is -2.11. The monoisotopic (exact) mass is 210 g/mol. The van der Waals surface area contributed by atoms with Crippen molar-refractivity contribution in [3.05, 3.63) is 23.8 Å². The molecule has 1 rings (SSSR count). The Morgan fingerprint density at radius 1 is 1.33 bits per heavy atom. The number of hydrazine groups is 1. The molecule has 1 amide bonds. The van der Waals surface area contributed by atoms with E-state index >= 15 is 0 Å². The molecule has 0 spiro atoms. The number of carbonyl (C=O) groups excluding carboxylic acids is 1. The maximum atomic E-state index is 10.8. The molecule has 0 unspecified atom stereocenters. The average Bonchev–Trinajstić information content (AvgIpc) is 2.26. The van der Waals surface area contributed by atoms with E-state index in [-0.39, 0.29) is 0 Å². The van der Waals surface area contributed by atoms with Gasteiger partial charge in [-0.05, 0) is 24.6 Å². The van der Waals surface area contributed by atoms with Crippen molar-refractivity contribution in [1.29, 1.82) is 0 Å². The summed E-state index contributed by atoms with van der Waals surface area (Å²) >= 11 is 0. The second-order valence-corrected chi connectivity index (χ2v) is 2.95. The van der Waals surface area contributed by atoms with Crippen LogP contribution in [-0.4, -0.2) is 20.3 Å². The molecule has 0 aliphatic rings. The summed E-state index contributed by atoms with van der Waals surface area (Å²) in [5.41, 5.74) is 6.80. The zero-order valence-corrected chi connectivity index (χ0v) is 8.96. The standard InChI is InChI=1S/C10H14N2O3/c1-7-4-5-8(9(6-7)14-2)11-12-10(13)15-3/h4-6,11H,1-3H3,(H,12,13). The van der Waals surface area contributed by atoms with Gasteiger partial charge in [-0.2, -0.15) is 0 Å². The van der Waals surface area contributed by atoms with Crippen LogP contribution in [0.4, 0.5) is 10.5 Å². The molecule has 0 radical (unpaired) electrons. The van der Waals surface area contributed by atoms with E-state index in [1.54, 1.807) is 7.11 Å². The van der Waals surface area contributed by atoms with Crippen molar-refractivity contribution < 1.29 is 14.3 Å². The van der Waals surface area contributed by atoms with Gasteiger partial charge in [0.25, 0.3) is 0 Å². The number of hydrogen-bond acceptors (Lipinski definition) is 4. The van der Waals surface area contributed by atoms with E-state index in [2.05, 4.69) is 15.6 Å². The molecule has 1 aromatic rings. The number of aryl methyl sites for hydroxylation is 1. The average molecular weight is 210 g/mol. The Bertz CT molecular complexity index is 353. The summed E-state index contributed by atoms with van der Waals surface area (Å²) in [6.45, 7) is 1.96. The van der Waals surface area contributed by atoms with E-state index in [0.29, 0.717) is 11.4 Å². The van der Waals surface area contributed by atoms with Gasteiger partial charge >= 0.3 is 6.09 Å². The Morgan fingerprint density at radius 3 is 2.67 bits per heavy atom. The number of hydrogen-bond donors (Lipinski definition) is 2. The molecule has 0 atom stereocenters. The second kappa shape index (κ2) is 5.09. The molecule has 5 heteroatoms. The second-order valence-electron chi connectivity index (χ2n) is 2.95. The van der Waals surface area contributed by atoms with Gasteiger partial charge in [0, 0.05) is 0 Å². The minimum atomic E-state index is -0.558. The summed E-state index contributed by atoms with van der Waals surface area (Å²) in [4.78, 5) is 10.8. The van der Waals surface area contributed by atoms with E-state index in [9.17, 15) is 4.79 Å². The highest BCUT2D eigenvalue weighted by molar-refractivity contribution is 5.70. The van der Waals surface area contributed by atoms with Crippen LogP contribution in [0.3, 0.4) is 0 Å². The van der Waals surface area contributed by atoms with Crippen molar-refractivity contribution in [1.82, 2.24) is 5.43 Å². The fraction of sp³-hybridized carbons (Fsp3) is 0.300. The highest BCUT2D eigenvalue weighted by Gasteiger charge is 2.03. The first-order valence-electron chi connectivity index (χ1n) is 4.42. The van der Waals surface area contributed by atoms with Crippen LogP contribution >= 0.6 is 0 Å². The quantitative estimate of drug-likeness (QED) is 0.745. The van der Waals surface area contributed by atoms with Crippen LogP contribution in [0.1, 0.15) is 5.56 Å². The smallest absolute Gasteiger partial charge is 0.425 e. The number of benzene rings is 1. The number of ether oxygens (including phenoxy) is 2. The van der Waals surface area contributed by atoms with Crippen LogP contribution in [0.15, 0.2) is 18.2 Å². The van der Waals surface area contributed by atoms with Gasteiger partial charge in [0.05, 0.1) is 19.9 Å². The van der Waals surface area contributed by atoms with Crippen LogP contribution in [0, 0.1) is 6.92 Å². The lowest BCUT2D eigenvalue weighted by Crippen LogP contribution is -2.29. The fourth-order valence-electron chi connectivity index (χ4n) is 1.07. The van der Waals surface area contributed by atoms with Crippen LogP contribution in [0.25, 0.3) is 0 Å². The van der Waals surface area contributed by atoms with Crippen molar-refractivity contribution in [2.75, 3.05) is 19.6 Å². The molecule has 0 aromatic heterocycles. The summed E-state index contributed by atoms with van der Waals surface area (Å²) in [6, 6.07) is 5.58. The number of nitrogens with one attached hydrogen (secondary N) is 2. The SMILES string of the molecule is COC(=O)NNc1ccc(C)cc1OC. The van der Waals surface area contributed by atoms with Crippen LogP contribution in [-0.2, 0) is 4.74 Å². The van der Waals surface area contributed by atoms with Crippen molar-refractivity contribution in [2.24, 2.45) is 0 Å². The number of rotatable bonds is 3. The van der Waals surface area contributed by atoms with E-state index in [0.717, 1.165) is 5.56 Å². The molecular formula is C10H14N2O3. The molecule has 0 bridgehead atoms. The van der Waals surface area contributed by atoms with E-state index < -0.39 is 6.09 Å². The van der Waals surface area contributed by atoms with Gasteiger partial charge in [0.2, 0.25) is 0 Å². The molecule has 2 N–H and O–H groups in total. The normalized spacial score (nSPS) is 9.27. The van der Waals surface area contributed by atoms with Crippen molar-refractivity contribution in [3.8, 4) is 5.75 Å². The third kappa shape index (κ3) is 3.05. The molecule has 15 heavy (non-hydrogen) atoms. The molecule has 0 saturated carbocycles. The first kappa shape index (κ1) is 11.2. The van der Waals surface area contributed by atoms with Crippen molar-refractivity contribution in [2.45, 2.75) is 6.92 Å². The van der Waals surface area contributed by atoms with Gasteiger partial charge in [-0.1, -0.05) is 6.07 Å². The zero-order chi connectivity index (χ0) is 11.3. The first-order chi connectivity index (χ1) is 7.17. The Hall–Kier alpha value is -1.91. The maximum absolute atomic E-state index is 10.8. The summed E-state index contributed by atoms with van der Waals surface area (Å²) in [5, 5.41) is 0. The van der Waals surface area contributed by atoms with E-state index in [1.165, 1.54) is 7.11 Å². The molecule has 0 aliphatic carbocycles. The van der Waals surface area contributed by atoms with Gasteiger partial charge < -0.3 is 9.47 Å². The molecule has 0 saturated heterocycles. The van der Waals surface area contributed by atoms with Crippen molar-refractivity contribution in [3.63, 3.8) is 0 Å². The van der Waals surface area contributed by atoms with Gasteiger partial charge in [-0.15, -0.1) is 0 Å². The third-order valence-electron chi connectivity index (χ3n) is 1.84. The summed E-state index contributed by atoms with van der Waals surface area (Å²) < 4.78 is 9.55. The number of methoxy groups -OCH3 is 2. The fourth-order valence-corrected chi connectivity index (χ4v) is 1.07. The predicted molar refractivity (Wildman–Crippen MR) is 56.9 cm³/mol. The highest BCUT2D eigenvalue weighted by Crippen LogP contribution is 2.24. The predicted octanol–water partition coefficient (Wildman–Crippen LogP) is 1.69. The van der Waals surface area contributed by atoms with Crippen LogP contribution < -0.4 is 15.6 Å². The Morgan fingerprint density at radius 2 is 2.07 bits per heavy atom. The zero-order valence-electron chi connectivity index (χ0n) is 8.96. The van der Waals surface area contributed by atoms with Crippen LogP contribution in [0.5, 0.6) is 5.75 Å².